The molecule has 0 radical (unpaired) electrons. The van der Waals surface area contributed by atoms with E-state index in [0.29, 0.717) is 5.92 Å². The van der Waals surface area contributed by atoms with Crippen molar-refractivity contribution in [2.75, 3.05) is 0 Å². The summed E-state index contributed by atoms with van der Waals surface area (Å²) >= 11 is 0. The van der Waals surface area contributed by atoms with Crippen LogP contribution >= 0.6 is 0 Å². The lowest BCUT2D eigenvalue weighted by atomic mass is 10.0. The SMILES string of the molecule is CC(C)CC(N)c1cncn1C(C)Cc1ccc(F)cc1. The molecule has 3 nitrogen and oxygen atoms in total. The second-order valence-corrected chi connectivity index (χ2v) is 6.14. The zero-order chi connectivity index (χ0) is 15.4. The summed E-state index contributed by atoms with van der Waals surface area (Å²) in [5, 5.41) is 0. The lowest BCUT2D eigenvalue weighted by Gasteiger charge is -2.21. The van der Waals surface area contributed by atoms with Gasteiger partial charge >= 0.3 is 0 Å². The Labute approximate surface area is 126 Å². The molecule has 0 aliphatic heterocycles. The van der Waals surface area contributed by atoms with Gasteiger partial charge in [0.25, 0.3) is 0 Å². The number of aromatic nitrogens is 2. The number of halogens is 1. The molecule has 0 spiro atoms. The van der Waals surface area contributed by atoms with Crippen LogP contribution in [0.25, 0.3) is 0 Å². The van der Waals surface area contributed by atoms with Crippen LogP contribution in [0, 0.1) is 11.7 Å². The van der Waals surface area contributed by atoms with Gasteiger partial charge in [0.05, 0.1) is 12.0 Å². The third-order valence-corrected chi connectivity index (χ3v) is 3.72. The topological polar surface area (TPSA) is 43.8 Å². The van der Waals surface area contributed by atoms with Crippen molar-refractivity contribution in [3.63, 3.8) is 0 Å². The second-order valence-electron chi connectivity index (χ2n) is 6.14. The van der Waals surface area contributed by atoms with Crippen LogP contribution < -0.4 is 5.73 Å². The van der Waals surface area contributed by atoms with Crippen molar-refractivity contribution in [3.05, 3.63) is 53.9 Å². The normalized spacial score (nSPS) is 14.4. The molecule has 21 heavy (non-hydrogen) atoms. The zero-order valence-electron chi connectivity index (χ0n) is 13.0. The maximum atomic E-state index is 13.0. The van der Waals surface area contributed by atoms with Crippen molar-refractivity contribution >= 4 is 0 Å². The molecule has 2 rings (SSSR count). The number of imidazole rings is 1. The predicted octanol–water partition coefficient (Wildman–Crippen LogP) is 3.87. The standard InChI is InChI=1S/C17H24FN3/c1-12(2)8-16(19)17-10-20-11-21(17)13(3)9-14-4-6-15(18)7-5-14/h4-7,10-13,16H,8-9,19H2,1-3H3. The van der Waals surface area contributed by atoms with E-state index in [1.165, 1.54) is 12.1 Å². The fourth-order valence-electron chi connectivity index (χ4n) is 2.66. The molecule has 0 saturated heterocycles. The van der Waals surface area contributed by atoms with E-state index in [1.807, 2.05) is 24.7 Å². The molecule has 0 aliphatic carbocycles. The molecule has 1 aromatic carbocycles. The maximum absolute atomic E-state index is 13.0. The van der Waals surface area contributed by atoms with Crippen molar-refractivity contribution in [1.82, 2.24) is 9.55 Å². The lowest BCUT2D eigenvalue weighted by Crippen LogP contribution is -2.19. The Morgan fingerprint density at radius 3 is 2.48 bits per heavy atom. The van der Waals surface area contributed by atoms with E-state index in [4.69, 9.17) is 5.73 Å². The van der Waals surface area contributed by atoms with E-state index in [0.717, 1.165) is 24.1 Å². The molecule has 0 amide bonds. The van der Waals surface area contributed by atoms with Crippen molar-refractivity contribution in [2.24, 2.45) is 11.7 Å². The Hall–Kier alpha value is -1.68. The smallest absolute Gasteiger partial charge is 0.123 e. The van der Waals surface area contributed by atoms with Gasteiger partial charge in [-0.15, -0.1) is 0 Å². The van der Waals surface area contributed by atoms with Crippen LogP contribution in [0.4, 0.5) is 4.39 Å². The van der Waals surface area contributed by atoms with E-state index in [2.05, 4.69) is 30.3 Å². The molecule has 1 heterocycles. The highest BCUT2D eigenvalue weighted by molar-refractivity contribution is 5.17. The van der Waals surface area contributed by atoms with Crippen LogP contribution in [-0.4, -0.2) is 9.55 Å². The molecule has 0 fully saturated rings. The van der Waals surface area contributed by atoms with Crippen LogP contribution in [0.5, 0.6) is 0 Å². The van der Waals surface area contributed by atoms with Gasteiger partial charge in [-0.25, -0.2) is 9.37 Å². The van der Waals surface area contributed by atoms with Gasteiger partial charge < -0.3 is 10.3 Å². The summed E-state index contributed by atoms with van der Waals surface area (Å²) in [6.07, 6.45) is 5.46. The number of hydrogen-bond donors (Lipinski definition) is 1. The molecule has 114 valence electrons. The van der Waals surface area contributed by atoms with Gasteiger partial charge in [-0.3, -0.25) is 0 Å². The Morgan fingerprint density at radius 2 is 1.86 bits per heavy atom. The third kappa shape index (κ3) is 4.14. The van der Waals surface area contributed by atoms with E-state index >= 15 is 0 Å². The number of hydrogen-bond acceptors (Lipinski definition) is 2. The first kappa shape index (κ1) is 15.7. The third-order valence-electron chi connectivity index (χ3n) is 3.72. The summed E-state index contributed by atoms with van der Waals surface area (Å²) in [6.45, 7) is 6.47. The summed E-state index contributed by atoms with van der Waals surface area (Å²) in [7, 11) is 0. The Balaban J connectivity index is 2.11. The van der Waals surface area contributed by atoms with Crippen molar-refractivity contribution in [2.45, 2.75) is 45.7 Å². The Kier molecular flexibility index (Phi) is 5.12. The summed E-state index contributed by atoms with van der Waals surface area (Å²) in [5.41, 5.74) is 8.46. The zero-order valence-corrected chi connectivity index (χ0v) is 13.0. The molecule has 0 bridgehead atoms. The average Bonchev–Trinajstić information content (AvgIpc) is 2.90. The summed E-state index contributed by atoms with van der Waals surface area (Å²) in [4.78, 5) is 4.25. The first-order valence-electron chi connectivity index (χ1n) is 7.49. The van der Waals surface area contributed by atoms with Gasteiger partial charge in [-0.1, -0.05) is 26.0 Å². The molecule has 2 aromatic rings. The Morgan fingerprint density at radius 1 is 1.19 bits per heavy atom. The number of rotatable bonds is 6. The van der Waals surface area contributed by atoms with Crippen LogP contribution in [0.2, 0.25) is 0 Å². The first-order chi connectivity index (χ1) is 9.97. The van der Waals surface area contributed by atoms with E-state index in [-0.39, 0.29) is 17.9 Å². The fraction of sp³-hybridized carbons (Fsp3) is 0.471. The van der Waals surface area contributed by atoms with E-state index in [1.54, 1.807) is 0 Å². The average molecular weight is 289 g/mol. The lowest BCUT2D eigenvalue weighted by molar-refractivity contribution is 0.455. The monoisotopic (exact) mass is 289 g/mol. The van der Waals surface area contributed by atoms with Crippen LogP contribution in [0.3, 0.4) is 0 Å². The number of nitrogens with zero attached hydrogens (tertiary/aromatic N) is 2. The molecule has 0 saturated carbocycles. The quantitative estimate of drug-likeness (QED) is 0.877. The summed E-state index contributed by atoms with van der Waals surface area (Å²) < 4.78 is 15.1. The highest BCUT2D eigenvalue weighted by atomic mass is 19.1. The predicted molar refractivity (Wildman–Crippen MR) is 83.4 cm³/mol. The molecule has 4 heteroatoms. The van der Waals surface area contributed by atoms with E-state index in [9.17, 15) is 4.39 Å². The molecule has 2 N–H and O–H groups in total. The highest BCUT2D eigenvalue weighted by Crippen LogP contribution is 2.23. The Bertz CT molecular complexity index is 560. The van der Waals surface area contributed by atoms with Crippen LogP contribution in [0.1, 0.15) is 50.5 Å². The molecule has 2 atom stereocenters. The van der Waals surface area contributed by atoms with Gasteiger partial charge in [0.2, 0.25) is 0 Å². The fourth-order valence-corrected chi connectivity index (χ4v) is 2.66. The van der Waals surface area contributed by atoms with Gasteiger partial charge in [-0.2, -0.15) is 0 Å². The van der Waals surface area contributed by atoms with Crippen molar-refractivity contribution in [3.8, 4) is 0 Å². The highest BCUT2D eigenvalue weighted by Gasteiger charge is 2.16. The van der Waals surface area contributed by atoms with Gasteiger partial charge in [-0.05, 0) is 43.4 Å². The number of benzene rings is 1. The van der Waals surface area contributed by atoms with Gasteiger partial charge in [0.15, 0.2) is 0 Å². The van der Waals surface area contributed by atoms with Crippen molar-refractivity contribution < 1.29 is 4.39 Å². The molecule has 2 unspecified atom stereocenters. The molecular weight excluding hydrogens is 265 g/mol. The van der Waals surface area contributed by atoms with Crippen molar-refractivity contribution in [1.29, 1.82) is 0 Å². The molecular formula is C17H24FN3. The summed E-state index contributed by atoms with van der Waals surface area (Å²) in [5.74, 6) is 0.351. The number of nitrogens with two attached hydrogens (primary N) is 1. The van der Waals surface area contributed by atoms with Crippen LogP contribution in [-0.2, 0) is 6.42 Å². The minimum Gasteiger partial charge on any atom is -0.330 e. The second kappa shape index (κ2) is 6.85. The largest absolute Gasteiger partial charge is 0.330 e. The summed E-state index contributed by atoms with van der Waals surface area (Å²) in [6, 6.07) is 6.91. The molecule has 0 aliphatic rings. The minimum atomic E-state index is -0.200. The van der Waals surface area contributed by atoms with Gasteiger partial charge in [0.1, 0.15) is 5.82 Å². The maximum Gasteiger partial charge on any atom is 0.123 e. The van der Waals surface area contributed by atoms with Crippen LogP contribution in [0.15, 0.2) is 36.8 Å². The van der Waals surface area contributed by atoms with Gasteiger partial charge in [0, 0.05) is 18.3 Å². The molecule has 1 aromatic heterocycles. The minimum absolute atomic E-state index is 0.00293. The van der Waals surface area contributed by atoms with E-state index < -0.39 is 0 Å². The first-order valence-corrected chi connectivity index (χ1v) is 7.49.